The van der Waals surface area contributed by atoms with Crippen LogP contribution in [0.3, 0.4) is 0 Å². The van der Waals surface area contributed by atoms with E-state index in [0.717, 1.165) is 22.3 Å². The topological polar surface area (TPSA) is 66.9 Å². The third-order valence-electron chi connectivity index (χ3n) is 3.64. The summed E-state index contributed by atoms with van der Waals surface area (Å²) in [7, 11) is 0. The number of carbonyl (C=O) groups is 1. The van der Waals surface area contributed by atoms with Gasteiger partial charge in [-0.15, -0.1) is 0 Å². The molecule has 0 bridgehead atoms. The summed E-state index contributed by atoms with van der Waals surface area (Å²) in [6.07, 6.45) is 1.84. The van der Waals surface area contributed by atoms with E-state index in [2.05, 4.69) is 20.6 Å². The van der Waals surface area contributed by atoms with Crippen LogP contribution in [0, 0.1) is 6.92 Å². The predicted octanol–water partition coefficient (Wildman–Crippen LogP) is 4.03. The summed E-state index contributed by atoms with van der Waals surface area (Å²) in [6.45, 7) is 2.40. The van der Waals surface area contributed by atoms with Crippen molar-refractivity contribution in [3.63, 3.8) is 0 Å². The molecule has 0 saturated heterocycles. The molecule has 1 amide bonds. The molecule has 3 rings (SSSR count). The molecule has 0 aliphatic carbocycles. The second-order valence-electron chi connectivity index (χ2n) is 5.43. The molecule has 3 aromatic rings. The van der Waals surface area contributed by atoms with Gasteiger partial charge in [-0.3, -0.25) is 4.79 Å². The predicted molar refractivity (Wildman–Crippen MR) is 97.5 cm³/mol. The van der Waals surface area contributed by atoms with Crippen molar-refractivity contribution in [2.45, 2.75) is 13.3 Å². The first-order chi connectivity index (χ1) is 11.6. The Labute approximate surface area is 145 Å². The van der Waals surface area contributed by atoms with Gasteiger partial charge in [0.25, 0.3) is 0 Å². The van der Waals surface area contributed by atoms with Crippen molar-refractivity contribution >= 4 is 39.9 Å². The van der Waals surface area contributed by atoms with Crippen LogP contribution in [0.1, 0.15) is 12.0 Å². The Morgan fingerprint density at radius 3 is 2.83 bits per heavy atom. The quantitative estimate of drug-likeness (QED) is 0.735. The Kier molecular flexibility index (Phi) is 4.91. The molecule has 1 aromatic heterocycles. The van der Waals surface area contributed by atoms with E-state index in [0.29, 0.717) is 23.7 Å². The van der Waals surface area contributed by atoms with Gasteiger partial charge in [0.2, 0.25) is 5.91 Å². The van der Waals surface area contributed by atoms with Crippen LogP contribution in [-0.2, 0) is 4.79 Å². The lowest BCUT2D eigenvalue weighted by molar-refractivity contribution is -0.115. The maximum absolute atomic E-state index is 12.0. The fourth-order valence-electron chi connectivity index (χ4n) is 2.33. The largest absolute Gasteiger partial charge is 0.369 e. The van der Waals surface area contributed by atoms with Gasteiger partial charge in [0.05, 0.1) is 5.52 Å². The van der Waals surface area contributed by atoms with Crippen molar-refractivity contribution in [1.82, 2.24) is 9.97 Å². The average Bonchev–Trinajstić information content (AvgIpc) is 2.58. The summed E-state index contributed by atoms with van der Waals surface area (Å²) in [5, 5.41) is 7.60. The van der Waals surface area contributed by atoms with Crippen LogP contribution >= 0.6 is 11.6 Å². The number of fused-ring (bicyclic) bond motifs is 1. The Balaban J connectivity index is 1.57. The van der Waals surface area contributed by atoms with Gasteiger partial charge in [-0.05, 0) is 36.8 Å². The van der Waals surface area contributed by atoms with Crippen molar-refractivity contribution in [3.8, 4) is 0 Å². The van der Waals surface area contributed by atoms with E-state index in [1.807, 2.05) is 43.3 Å². The first-order valence-corrected chi connectivity index (χ1v) is 8.01. The molecule has 0 fully saturated rings. The lowest BCUT2D eigenvalue weighted by Gasteiger charge is -2.09. The molecule has 2 aromatic carbocycles. The molecule has 2 N–H and O–H groups in total. The molecular weight excluding hydrogens is 324 g/mol. The molecular formula is C18H17ClN4O. The molecule has 0 radical (unpaired) electrons. The van der Waals surface area contributed by atoms with E-state index in [4.69, 9.17) is 11.6 Å². The van der Waals surface area contributed by atoms with Gasteiger partial charge in [0.15, 0.2) is 0 Å². The Hall–Kier alpha value is -2.66. The minimum absolute atomic E-state index is 0.0826. The van der Waals surface area contributed by atoms with Gasteiger partial charge in [0, 0.05) is 29.1 Å². The smallest absolute Gasteiger partial charge is 0.226 e. The van der Waals surface area contributed by atoms with Crippen molar-refractivity contribution < 1.29 is 4.79 Å². The van der Waals surface area contributed by atoms with Gasteiger partial charge in [-0.25, -0.2) is 9.97 Å². The molecule has 122 valence electrons. The fourth-order valence-corrected chi connectivity index (χ4v) is 2.51. The Morgan fingerprint density at radius 2 is 2.00 bits per heavy atom. The van der Waals surface area contributed by atoms with E-state index in [-0.39, 0.29) is 5.91 Å². The summed E-state index contributed by atoms with van der Waals surface area (Å²) in [6, 6.07) is 13.2. The zero-order valence-electron chi connectivity index (χ0n) is 13.2. The van der Waals surface area contributed by atoms with E-state index < -0.39 is 0 Å². The molecule has 5 nitrogen and oxygen atoms in total. The van der Waals surface area contributed by atoms with Crippen LogP contribution in [0.4, 0.5) is 11.5 Å². The third kappa shape index (κ3) is 3.81. The lowest BCUT2D eigenvalue weighted by Crippen LogP contribution is -2.16. The monoisotopic (exact) mass is 340 g/mol. The van der Waals surface area contributed by atoms with Crippen molar-refractivity contribution in [2.75, 3.05) is 17.2 Å². The number of nitrogens with one attached hydrogen (secondary N) is 2. The van der Waals surface area contributed by atoms with Gasteiger partial charge in [0.1, 0.15) is 12.1 Å². The van der Waals surface area contributed by atoms with Gasteiger partial charge in [-0.2, -0.15) is 0 Å². The average molecular weight is 341 g/mol. The van der Waals surface area contributed by atoms with Crippen molar-refractivity contribution in [2.24, 2.45) is 0 Å². The second kappa shape index (κ2) is 7.27. The van der Waals surface area contributed by atoms with Gasteiger partial charge >= 0.3 is 0 Å². The van der Waals surface area contributed by atoms with E-state index in [1.54, 1.807) is 6.07 Å². The highest BCUT2D eigenvalue weighted by molar-refractivity contribution is 6.31. The van der Waals surface area contributed by atoms with Crippen molar-refractivity contribution in [3.05, 3.63) is 59.4 Å². The van der Waals surface area contributed by atoms with Crippen LogP contribution in [0.25, 0.3) is 10.9 Å². The summed E-state index contributed by atoms with van der Waals surface area (Å²) in [5.41, 5.74) is 2.55. The van der Waals surface area contributed by atoms with Gasteiger partial charge < -0.3 is 10.6 Å². The molecule has 0 saturated carbocycles. The van der Waals surface area contributed by atoms with Crippen LogP contribution in [0.5, 0.6) is 0 Å². The summed E-state index contributed by atoms with van der Waals surface area (Å²) >= 11 is 6.06. The Morgan fingerprint density at radius 1 is 1.17 bits per heavy atom. The molecule has 0 unspecified atom stereocenters. The van der Waals surface area contributed by atoms with E-state index in [9.17, 15) is 4.79 Å². The third-order valence-corrected chi connectivity index (χ3v) is 4.05. The SMILES string of the molecule is Cc1ccc(NC(=O)CCNc2ncnc3ccccc23)cc1Cl. The van der Waals surface area contributed by atoms with Gasteiger partial charge in [-0.1, -0.05) is 29.8 Å². The first-order valence-electron chi connectivity index (χ1n) is 7.63. The number of anilines is 2. The number of carbonyl (C=O) groups excluding carboxylic acids is 1. The number of benzene rings is 2. The molecule has 24 heavy (non-hydrogen) atoms. The number of nitrogens with zero attached hydrogens (tertiary/aromatic N) is 2. The maximum Gasteiger partial charge on any atom is 0.226 e. The number of rotatable bonds is 5. The molecule has 0 spiro atoms. The van der Waals surface area contributed by atoms with Crippen LogP contribution < -0.4 is 10.6 Å². The van der Waals surface area contributed by atoms with Crippen molar-refractivity contribution in [1.29, 1.82) is 0 Å². The van der Waals surface area contributed by atoms with E-state index in [1.165, 1.54) is 6.33 Å². The van der Waals surface area contributed by atoms with Crippen LogP contribution in [0.15, 0.2) is 48.8 Å². The highest BCUT2D eigenvalue weighted by Gasteiger charge is 2.06. The molecule has 6 heteroatoms. The second-order valence-corrected chi connectivity index (χ2v) is 5.84. The number of aryl methyl sites for hydroxylation is 1. The molecule has 0 aliphatic rings. The zero-order chi connectivity index (χ0) is 16.9. The highest BCUT2D eigenvalue weighted by Crippen LogP contribution is 2.20. The molecule has 0 atom stereocenters. The standard InChI is InChI=1S/C18H17ClN4O/c1-12-6-7-13(10-15(12)19)23-17(24)8-9-20-18-14-4-2-3-5-16(14)21-11-22-18/h2-7,10-11H,8-9H2,1H3,(H,23,24)(H,20,21,22). The highest BCUT2D eigenvalue weighted by atomic mass is 35.5. The van der Waals surface area contributed by atoms with Crippen LogP contribution in [0.2, 0.25) is 5.02 Å². The molecule has 0 aliphatic heterocycles. The number of amides is 1. The summed E-state index contributed by atoms with van der Waals surface area (Å²) in [4.78, 5) is 20.5. The number of para-hydroxylation sites is 1. The summed E-state index contributed by atoms with van der Waals surface area (Å²) < 4.78 is 0. The Bertz CT molecular complexity index is 877. The number of halogens is 1. The normalized spacial score (nSPS) is 10.6. The first kappa shape index (κ1) is 16.2. The number of aromatic nitrogens is 2. The fraction of sp³-hybridized carbons (Fsp3) is 0.167. The minimum Gasteiger partial charge on any atom is -0.369 e. The van der Waals surface area contributed by atoms with Crippen LogP contribution in [-0.4, -0.2) is 22.4 Å². The summed E-state index contributed by atoms with van der Waals surface area (Å²) in [5.74, 6) is 0.646. The lowest BCUT2D eigenvalue weighted by atomic mass is 10.2. The molecule has 1 heterocycles. The number of hydrogen-bond acceptors (Lipinski definition) is 4. The maximum atomic E-state index is 12.0. The zero-order valence-corrected chi connectivity index (χ0v) is 14.0. The minimum atomic E-state index is -0.0826. The number of hydrogen-bond donors (Lipinski definition) is 2. The van der Waals surface area contributed by atoms with E-state index >= 15 is 0 Å².